The Morgan fingerprint density at radius 3 is 2.53 bits per heavy atom. The lowest BCUT2D eigenvalue weighted by Crippen LogP contribution is -2.01. The molecule has 2 rings (SSSR count). The zero-order valence-corrected chi connectivity index (χ0v) is 12.7. The zero-order chi connectivity index (χ0) is 14.0. The van der Waals surface area contributed by atoms with Gasteiger partial charge < -0.3 is 10.5 Å². The monoisotopic (exact) mass is 321 g/mol. The molecule has 4 nitrogen and oxygen atoms in total. The van der Waals surface area contributed by atoms with Crippen LogP contribution in [0.25, 0.3) is 0 Å². The van der Waals surface area contributed by atoms with E-state index < -0.39 is 0 Å². The van der Waals surface area contributed by atoms with Crippen LogP contribution in [0.15, 0.2) is 28.7 Å². The van der Waals surface area contributed by atoms with Crippen molar-refractivity contribution < 1.29 is 4.74 Å². The molecule has 1 heterocycles. The van der Waals surface area contributed by atoms with E-state index in [-0.39, 0.29) is 5.92 Å². The highest BCUT2D eigenvalue weighted by molar-refractivity contribution is 9.10. The molecular weight excluding hydrogens is 306 g/mol. The third-order valence-corrected chi connectivity index (χ3v) is 2.94. The Hall–Kier alpha value is -1.62. The third kappa shape index (κ3) is 3.67. The molecule has 2 aromatic rings. The Bertz CT molecular complexity index is 579. The average molecular weight is 322 g/mol. The van der Waals surface area contributed by atoms with Crippen molar-refractivity contribution in [3.8, 4) is 11.6 Å². The van der Waals surface area contributed by atoms with Gasteiger partial charge in [-0.25, -0.2) is 4.98 Å². The number of hydrogen-bond donors (Lipinski definition) is 1. The lowest BCUT2D eigenvalue weighted by atomic mass is 10.2. The van der Waals surface area contributed by atoms with E-state index in [9.17, 15) is 0 Å². The first kappa shape index (κ1) is 13.8. The highest BCUT2D eigenvalue weighted by atomic mass is 79.9. The smallest absolute Gasteiger partial charge is 0.222 e. The summed E-state index contributed by atoms with van der Waals surface area (Å²) in [6, 6.07) is 7.24. The van der Waals surface area contributed by atoms with Crippen LogP contribution in [-0.4, -0.2) is 9.97 Å². The summed E-state index contributed by atoms with van der Waals surface area (Å²) >= 11 is 3.39. The fraction of sp³-hybridized carbons (Fsp3) is 0.286. The number of halogens is 1. The maximum absolute atomic E-state index is 5.78. The Morgan fingerprint density at radius 2 is 1.89 bits per heavy atom. The van der Waals surface area contributed by atoms with Crippen molar-refractivity contribution in [3.05, 3.63) is 40.3 Å². The predicted molar refractivity (Wildman–Crippen MR) is 79.5 cm³/mol. The van der Waals surface area contributed by atoms with Gasteiger partial charge in [-0.1, -0.05) is 29.8 Å². The summed E-state index contributed by atoms with van der Waals surface area (Å²) in [6.07, 6.45) is 0. The second-order valence-corrected chi connectivity index (χ2v) is 5.60. The lowest BCUT2D eigenvalue weighted by Gasteiger charge is -2.10. The van der Waals surface area contributed by atoms with Gasteiger partial charge in [-0.05, 0) is 19.1 Å². The van der Waals surface area contributed by atoms with Crippen LogP contribution in [0.4, 0.5) is 5.69 Å². The van der Waals surface area contributed by atoms with E-state index in [1.165, 1.54) is 0 Å². The van der Waals surface area contributed by atoms with Crippen molar-refractivity contribution in [1.82, 2.24) is 9.97 Å². The summed E-state index contributed by atoms with van der Waals surface area (Å²) in [4.78, 5) is 8.78. The first-order valence-electron chi connectivity index (χ1n) is 6.03. The molecule has 0 saturated heterocycles. The minimum Gasteiger partial charge on any atom is -0.439 e. The molecule has 0 aliphatic rings. The number of rotatable bonds is 3. The van der Waals surface area contributed by atoms with Crippen molar-refractivity contribution in [2.24, 2.45) is 0 Å². The number of aromatic nitrogens is 2. The molecule has 0 saturated carbocycles. The number of hydrogen-bond acceptors (Lipinski definition) is 4. The van der Waals surface area contributed by atoms with Crippen molar-refractivity contribution in [1.29, 1.82) is 0 Å². The minimum atomic E-state index is 0.259. The van der Waals surface area contributed by atoms with Crippen LogP contribution in [-0.2, 0) is 0 Å². The summed E-state index contributed by atoms with van der Waals surface area (Å²) < 4.78 is 6.62. The van der Waals surface area contributed by atoms with E-state index >= 15 is 0 Å². The van der Waals surface area contributed by atoms with E-state index in [1.54, 1.807) is 6.07 Å². The Labute approximate surface area is 121 Å². The normalized spacial score (nSPS) is 10.8. The number of ether oxygens (including phenoxy) is 1. The summed E-state index contributed by atoms with van der Waals surface area (Å²) in [5.41, 5.74) is 7.30. The second kappa shape index (κ2) is 5.57. The third-order valence-electron chi connectivity index (χ3n) is 2.48. The summed E-state index contributed by atoms with van der Waals surface area (Å²) in [6.45, 7) is 6.03. The molecule has 0 fully saturated rings. The van der Waals surface area contributed by atoms with E-state index in [0.29, 0.717) is 17.3 Å². The Morgan fingerprint density at radius 1 is 1.16 bits per heavy atom. The second-order valence-electron chi connectivity index (χ2n) is 4.68. The van der Waals surface area contributed by atoms with E-state index in [1.807, 2.05) is 25.1 Å². The van der Waals surface area contributed by atoms with Gasteiger partial charge in [0.05, 0.1) is 0 Å². The van der Waals surface area contributed by atoms with Crippen LogP contribution in [0.2, 0.25) is 0 Å². The number of nitrogens with zero attached hydrogens (tertiary/aromatic N) is 2. The number of anilines is 1. The molecule has 0 amide bonds. The van der Waals surface area contributed by atoms with Crippen molar-refractivity contribution in [3.63, 3.8) is 0 Å². The maximum Gasteiger partial charge on any atom is 0.222 e. The van der Waals surface area contributed by atoms with Crippen LogP contribution in [0.1, 0.15) is 31.3 Å². The van der Waals surface area contributed by atoms with Gasteiger partial charge in [0.25, 0.3) is 0 Å². The first-order chi connectivity index (χ1) is 8.94. The van der Waals surface area contributed by atoms with Crippen LogP contribution < -0.4 is 10.5 Å². The van der Waals surface area contributed by atoms with E-state index in [2.05, 4.69) is 39.7 Å². The van der Waals surface area contributed by atoms with E-state index in [0.717, 1.165) is 16.0 Å². The summed E-state index contributed by atoms with van der Waals surface area (Å²) in [7, 11) is 0. The maximum atomic E-state index is 5.78. The standard InChI is InChI=1S/C14H16BrN3O/c1-8(2)14-17-9(3)4-13(18-14)19-12-6-10(15)5-11(16)7-12/h4-8H,16H2,1-3H3. The zero-order valence-electron chi connectivity index (χ0n) is 11.1. The molecule has 1 aromatic heterocycles. The van der Waals surface area contributed by atoms with Gasteiger partial charge in [-0.15, -0.1) is 0 Å². The number of nitrogens with two attached hydrogens (primary N) is 1. The van der Waals surface area contributed by atoms with Gasteiger partial charge in [-0.3, -0.25) is 0 Å². The van der Waals surface area contributed by atoms with Gasteiger partial charge in [0.2, 0.25) is 5.88 Å². The highest BCUT2D eigenvalue weighted by Crippen LogP contribution is 2.27. The van der Waals surface area contributed by atoms with Crippen LogP contribution >= 0.6 is 15.9 Å². The first-order valence-corrected chi connectivity index (χ1v) is 6.83. The topological polar surface area (TPSA) is 61.0 Å². The molecule has 1 aromatic carbocycles. The van der Waals surface area contributed by atoms with Gasteiger partial charge in [0.1, 0.15) is 11.6 Å². The largest absolute Gasteiger partial charge is 0.439 e. The molecule has 0 unspecified atom stereocenters. The number of nitrogen functional groups attached to an aromatic ring is 1. The van der Waals surface area contributed by atoms with Crippen LogP contribution in [0, 0.1) is 6.92 Å². The molecule has 0 bridgehead atoms. The van der Waals surface area contributed by atoms with Crippen molar-refractivity contribution in [2.45, 2.75) is 26.7 Å². The minimum absolute atomic E-state index is 0.259. The Balaban J connectivity index is 2.32. The van der Waals surface area contributed by atoms with Gasteiger partial charge in [-0.2, -0.15) is 4.98 Å². The molecule has 0 aliphatic carbocycles. The molecule has 19 heavy (non-hydrogen) atoms. The van der Waals surface area contributed by atoms with Gasteiger partial charge in [0.15, 0.2) is 0 Å². The number of benzene rings is 1. The summed E-state index contributed by atoms with van der Waals surface area (Å²) in [5.74, 6) is 2.22. The number of aryl methyl sites for hydroxylation is 1. The van der Waals surface area contributed by atoms with E-state index in [4.69, 9.17) is 10.5 Å². The SMILES string of the molecule is Cc1cc(Oc2cc(N)cc(Br)c2)nc(C(C)C)n1. The molecule has 5 heteroatoms. The molecule has 0 atom stereocenters. The van der Waals surface area contributed by atoms with Gasteiger partial charge in [0, 0.05) is 33.9 Å². The molecular formula is C14H16BrN3O. The molecule has 100 valence electrons. The van der Waals surface area contributed by atoms with Crippen molar-refractivity contribution >= 4 is 21.6 Å². The highest BCUT2D eigenvalue weighted by Gasteiger charge is 2.08. The fourth-order valence-electron chi connectivity index (χ4n) is 1.64. The molecule has 2 N–H and O–H groups in total. The molecule has 0 spiro atoms. The fourth-order valence-corrected chi connectivity index (χ4v) is 2.13. The van der Waals surface area contributed by atoms with Crippen molar-refractivity contribution in [2.75, 3.05) is 5.73 Å². The Kier molecular flexibility index (Phi) is 4.04. The molecule has 0 aliphatic heterocycles. The quantitative estimate of drug-likeness (QED) is 0.866. The average Bonchev–Trinajstić information content (AvgIpc) is 2.26. The lowest BCUT2D eigenvalue weighted by molar-refractivity contribution is 0.456. The van der Waals surface area contributed by atoms with Gasteiger partial charge >= 0.3 is 0 Å². The predicted octanol–water partition coefficient (Wildman–Crippen LogP) is 4.05. The van der Waals surface area contributed by atoms with Crippen LogP contribution in [0.3, 0.4) is 0 Å². The molecule has 0 radical (unpaired) electrons. The summed E-state index contributed by atoms with van der Waals surface area (Å²) in [5, 5.41) is 0. The van der Waals surface area contributed by atoms with Crippen LogP contribution in [0.5, 0.6) is 11.6 Å².